The number of carbonyl (C=O) groups excluding carboxylic acids is 1. The number of fused-ring (bicyclic) bond motifs is 1. The van der Waals surface area contributed by atoms with E-state index in [2.05, 4.69) is 14.5 Å². The Hall–Kier alpha value is -2.78. The van der Waals surface area contributed by atoms with Gasteiger partial charge in [-0.3, -0.25) is 10.1 Å². The van der Waals surface area contributed by atoms with E-state index in [1.807, 2.05) is 0 Å². The number of nitrogens with zero attached hydrogens (tertiary/aromatic N) is 1. The molecule has 0 spiro atoms. The molecule has 0 atom stereocenters. The summed E-state index contributed by atoms with van der Waals surface area (Å²) in [6.07, 6.45) is -3.90. The smallest absolute Gasteiger partial charge is 0.465 e. The van der Waals surface area contributed by atoms with Crippen molar-refractivity contribution in [1.29, 1.82) is 0 Å². The van der Waals surface area contributed by atoms with E-state index in [0.717, 1.165) is 19.4 Å². The molecule has 2 aromatic rings. The SMILES string of the molecule is COC(=O)c1c[nH]c2c([N+](=O)[O-])cc(OC(F)(F)F)cc12. The number of carbonyl (C=O) groups is 1. The molecule has 0 aliphatic rings. The van der Waals surface area contributed by atoms with Crippen LogP contribution in [0.4, 0.5) is 18.9 Å². The monoisotopic (exact) mass is 304 g/mol. The number of methoxy groups -OCH3 is 1. The van der Waals surface area contributed by atoms with Crippen molar-refractivity contribution >= 4 is 22.6 Å². The first-order valence-electron chi connectivity index (χ1n) is 5.36. The van der Waals surface area contributed by atoms with E-state index in [4.69, 9.17) is 0 Å². The number of nitro benzene ring substituents is 1. The quantitative estimate of drug-likeness (QED) is 0.534. The summed E-state index contributed by atoms with van der Waals surface area (Å²) in [4.78, 5) is 24.0. The Kier molecular flexibility index (Phi) is 3.45. The first-order chi connectivity index (χ1) is 9.73. The van der Waals surface area contributed by atoms with Gasteiger partial charge in [0.1, 0.15) is 11.3 Å². The zero-order chi connectivity index (χ0) is 15.8. The molecular formula is C11H7F3N2O5. The van der Waals surface area contributed by atoms with Crippen LogP contribution in [0.15, 0.2) is 18.3 Å². The summed E-state index contributed by atoms with van der Waals surface area (Å²) in [6.45, 7) is 0. The van der Waals surface area contributed by atoms with Crippen LogP contribution in [0, 0.1) is 10.1 Å². The summed E-state index contributed by atoms with van der Waals surface area (Å²) in [5, 5.41) is 10.8. The molecule has 7 nitrogen and oxygen atoms in total. The molecule has 0 aliphatic carbocycles. The van der Waals surface area contributed by atoms with Crippen LogP contribution in [0.1, 0.15) is 10.4 Å². The van der Waals surface area contributed by atoms with Gasteiger partial charge in [-0.25, -0.2) is 4.79 Å². The average Bonchev–Trinajstić information content (AvgIpc) is 2.78. The van der Waals surface area contributed by atoms with Crippen LogP contribution in [-0.4, -0.2) is 29.3 Å². The van der Waals surface area contributed by atoms with Crippen molar-refractivity contribution in [2.75, 3.05) is 7.11 Å². The van der Waals surface area contributed by atoms with Crippen LogP contribution in [0.5, 0.6) is 5.75 Å². The lowest BCUT2D eigenvalue weighted by Gasteiger charge is -2.09. The van der Waals surface area contributed by atoms with Crippen LogP contribution >= 0.6 is 0 Å². The molecule has 0 fully saturated rings. The van der Waals surface area contributed by atoms with E-state index in [0.29, 0.717) is 6.07 Å². The van der Waals surface area contributed by atoms with Crippen LogP contribution < -0.4 is 4.74 Å². The zero-order valence-electron chi connectivity index (χ0n) is 10.4. The minimum Gasteiger partial charge on any atom is -0.465 e. The molecule has 112 valence electrons. The molecule has 0 radical (unpaired) electrons. The Balaban J connectivity index is 2.68. The highest BCUT2D eigenvalue weighted by Crippen LogP contribution is 2.34. The lowest BCUT2D eigenvalue weighted by atomic mass is 10.1. The molecule has 1 aromatic carbocycles. The molecule has 1 N–H and O–H groups in total. The molecule has 0 saturated carbocycles. The number of aromatic amines is 1. The third-order valence-corrected chi connectivity index (χ3v) is 2.58. The number of hydrogen-bond acceptors (Lipinski definition) is 5. The van der Waals surface area contributed by atoms with E-state index in [1.54, 1.807) is 0 Å². The highest BCUT2D eigenvalue weighted by Gasteiger charge is 2.33. The van der Waals surface area contributed by atoms with E-state index in [9.17, 15) is 28.1 Å². The Labute approximate surface area is 114 Å². The maximum atomic E-state index is 12.2. The number of aromatic nitrogens is 1. The number of hydrogen-bond donors (Lipinski definition) is 1. The number of non-ortho nitro benzene ring substituents is 1. The van der Waals surface area contributed by atoms with Gasteiger partial charge in [0, 0.05) is 11.6 Å². The summed E-state index contributed by atoms with van der Waals surface area (Å²) >= 11 is 0. The van der Waals surface area contributed by atoms with Crippen molar-refractivity contribution in [2.24, 2.45) is 0 Å². The van der Waals surface area contributed by atoms with Gasteiger partial charge in [-0.2, -0.15) is 0 Å². The minimum atomic E-state index is -5.01. The molecule has 1 aromatic heterocycles. The minimum absolute atomic E-state index is 0.102. The summed E-state index contributed by atoms with van der Waals surface area (Å²) in [6, 6.07) is 1.49. The third-order valence-electron chi connectivity index (χ3n) is 2.58. The van der Waals surface area contributed by atoms with Crippen molar-refractivity contribution in [2.45, 2.75) is 6.36 Å². The summed E-state index contributed by atoms with van der Waals surface area (Å²) in [7, 11) is 1.08. The predicted molar refractivity (Wildman–Crippen MR) is 63.0 cm³/mol. The van der Waals surface area contributed by atoms with E-state index in [1.165, 1.54) is 0 Å². The molecular weight excluding hydrogens is 297 g/mol. The Bertz CT molecular complexity index is 722. The topological polar surface area (TPSA) is 94.5 Å². The predicted octanol–water partition coefficient (Wildman–Crippen LogP) is 2.76. The van der Waals surface area contributed by atoms with Crippen molar-refractivity contribution in [1.82, 2.24) is 4.98 Å². The van der Waals surface area contributed by atoms with Crippen LogP contribution in [0.3, 0.4) is 0 Å². The number of nitro groups is 1. The number of nitrogens with one attached hydrogen (secondary N) is 1. The van der Waals surface area contributed by atoms with Crippen LogP contribution in [0.2, 0.25) is 0 Å². The van der Waals surface area contributed by atoms with Crippen molar-refractivity contribution in [3.63, 3.8) is 0 Å². The number of alkyl halides is 3. The Morgan fingerprint density at radius 2 is 2.05 bits per heavy atom. The molecule has 21 heavy (non-hydrogen) atoms. The second-order valence-corrected chi connectivity index (χ2v) is 3.86. The number of halogens is 3. The van der Waals surface area contributed by atoms with Gasteiger partial charge in [-0.1, -0.05) is 0 Å². The summed E-state index contributed by atoms with van der Waals surface area (Å²) < 4.78 is 44.8. The van der Waals surface area contributed by atoms with Gasteiger partial charge >= 0.3 is 12.3 Å². The maximum absolute atomic E-state index is 12.2. The Morgan fingerprint density at radius 1 is 1.38 bits per heavy atom. The average molecular weight is 304 g/mol. The van der Waals surface area contributed by atoms with Crippen molar-refractivity contribution in [3.8, 4) is 5.75 Å². The van der Waals surface area contributed by atoms with Crippen molar-refractivity contribution in [3.05, 3.63) is 34.0 Å². The molecule has 0 unspecified atom stereocenters. The number of benzene rings is 1. The van der Waals surface area contributed by atoms with E-state index in [-0.39, 0.29) is 16.5 Å². The van der Waals surface area contributed by atoms with E-state index >= 15 is 0 Å². The molecule has 10 heteroatoms. The summed E-state index contributed by atoms with van der Waals surface area (Å²) in [5.41, 5.74) is -0.889. The fourth-order valence-electron chi connectivity index (χ4n) is 1.80. The zero-order valence-corrected chi connectivity index (χ0v) is 10.4. The standard InChI is InChI=1S/C11H7F3N2O5/c1-20-10(17)7-4-15-9-6(7)2-5(21-11(12,13)14)3-8(9)16(18)19/h2-4,15H,1H3. The highest BCUT2D eigenvalue weighted by atomic mass is 19.4. The third kappa shape index (κ3) is 2.88. The van der Waals surface area contributed by atoms with Gasteiger partial charge in [-0.15, -0.1) is 13.2 Å². The lowest BCUT2D eigenvalue weighted by Crippen LogP contribution is -2.17. The van der Waals surface area contributed by atoms with Gasteiger partial charge in [0.05, 0.1) is 23.7 Å². The highest BCUT2D eigenvalue weighted by molar-refractivity contribution is 6.06. The van der Waals surface area contributed by atoms with Gasteiger partial charge < -0.3 is 14.5 Å². The normalized spacial score (nSPS) is 11.4. The second-order valence-electron chi connectivity index (χ2n) is 3.86. The fraction of sp³-hybridized carbons (Fsp3) is 0.182. The first-order valence-corrected chi connectivity index (χ1v) is 5.36. The molecule has 0 bridgehead atoms. The Morgan fingerprint density at radius 3 is 2.57 bits per heavy atom. The number of H-pyrrole nitrogens is 1. The van der Waals surface area contributed by atoms with Crippen LogP contribution in [-0.2, 0) is 4.74 Å². The van der Waals surface area contributed by atoms with Crippen molar-refractivity contribution < 1.29 is 32.4 Å². The molecule has 0 amide bonds. The lowest BCUT2D eigenvalue weighted by molar-refractivity contribution is -0.383. The van der Waals surface area contributed by atoms with Crippen LogP contribution in [0.25, 0.3) is 10.9 Å². The second kappa shape index (κ2) is 4.96. The largest absolute Gasteiger partial charge is 0.573 e. The number of ether oxygens (including phenoxy) is 2. The molecule has 0 aliphatic heterocycles. The number of esters is 1. The number of rotatable bonds is 3. The first kappa shape index (κ1) is 14.6. The van der Waals surface area contributed by atoms with Gasteiger partial charge in [0.25, 0.3) is 5.69 Å². The maximum Gasteiger partial charge on any atom is 0.573 e. The van der Waals surface area contributed by atoms with E-state index < -0.39 is 28.7 Å². The van der Waals surface area contributed by atoms with Gasteiger partial charge in [0.2, 0.25) is 0 Å². The molecule has 1 heterocycles. The van der Waals surface area contributed by atoms with Gasteiger partial charge in [0.15, 0.2) is 0 Å². The fourth-order valence-corrected chi connectivity index (χ4v) is 1.80. The molecule has 0 saturated heterocycles. The summed E-state index contributed by atoms with van der Waals surface area (Å²) in [5.74, 6) is -1.65. The van der Waals surface area contributed by atoms with Gasteiger partial charge in [-0.05, 0) is 6.07 Å². The molecule has 2 rings (SSSR count).